The number of hydrogen-bond acceptors (Lipinski definition) is 3. The van der Waals surface area contributed by atoms with Crippen molar-refractivity contribution in [3.63, 3.8) is 0 Å². The molecule has 0 unspecified atom stereocenters. The van der Waals surface area contributed by atoms with Gasteiger partial charge in [0.1, 0.15) is 0 Å². The van der Waals surface area contributed by atoms with Gasteiger partial charge in [-0.05, 0) is 31.6 Å². The van der Waals surface area contributed by atoms with E-state index in [4.69, 9.17) is 0 Å². The molecule has 0 radical (unpaired) electrons. The Balaban J connectivity index is 2.32. The fraction of sp³-hybridized carbons (Fsp3) is 0.857. The van der Waals surface area contributed by atoms with E-state index in [9.17, 15) is 9.59 Å². The molecule has 0 saturated carbocycles. The summed E-state index contributed by atoms with van der Waals surface area (Å²) in [6.45, 7) is 10.5. The van der Waals surface area contributed by atoms with Crippen LogP contribution >= 0.6 is 0 Å². The van der Waals surface area contributed by atoms with Crippen LogP contribution in [0.2, 0.25) is 0 Å². The molecule has 5 nitrogen and oxygen atoms in total. The third kappa shape index (κ3) is 6.05. The van der Waals surface area contributed by atoms with E-state index in [0.717, 1.165) is 19.5 Å². The molecule has 1 fully saturated rings. The zero-order valence-electron chi connectivity index (χ0n) is 12.5. The minimum atomic E-state index is -0.391. The summed E-state index contributed by atoms with van der Waals surface area (Å²) >= 11 is 0. The van der Waals surface area contributed by atoms with Gasteiger partial charge in [0, 0.05) is 19.1 Å². The molecule has 1 aliphatic heterocycles. The highest BCUT2D eigenvalue weighted by atomic mass is 16.2. The Hall–Kier alpha value is -1.10. The fourth-order valence-electron chi connectivity index (χ4n) is 2.65. The first-order valence-electron chi connectivity index (χ1n) is 7.23. The van der Waals surface area contributed by atoms with Crippen LogP contribution in [0, 0.1) is 11.8 Å². The lowest BCUT2D eigenvalue weighted by Crippen LogP contribution is -2.49. The average molecular weight is 269 g/mol. The number of carbonyl (C=O) groups excluding carboxylic acids is 2. The van der Waals surface area contributed by atoms with E-state index in [1.807, 2.05) is 13.8 Å². The molecule has 1 aliphatic rings. The second kappa shape index (κ2) is 7.48. The summed E-state index contributed by atoms with van der Waals surface area (Å²) in [5.74, 6) is 1.01. The van der Waals surface area contributed by atoms with Gasteiger partial charge in [0.25, 0.3) is 0 Å². The molecular formula is C14H27N3O2. The van der Waals surface area contributed by atoms with Gasteiger partial charge in [-0.1, -0.05) is 20.8 Å². The number of rotatable bonds is 4. The second-order valence-electron chi connectivity index (χ2n) is 5.97. The van der Waals surface area contributed by atoms with Gasteiger partial charge in [0.2, 0.25) is 5.91 Å². The molecule has 0 aliphatic carbocycles. The van der Waals surface area contributed by atoms with Crippen molar-refractivity contribution in [2.75, 3.05) is 19.6 Å². The standard InChI is InChI=1S/C14H27N3O2/c1-5-12(4)15-14(19)16-13(18)9-17-7-10(2)6-11(3)8-17/h10-12H,5-9H2,1-4H3,(H2,15,16,18,19)/t10-,11+,12-/m1/s1. The third-order valence-electron chi connectivity index (χ3n) is 3.55. The molecule has 3 atom stereocenters. The summed E-state index contributed by atoms with van der Waals surface area (Å²) < 4.78 is 0. The Morgan fingerprint density at radius 2 is 1.84 bits per heavy atom. The van der Waals surface area contributed by atoms with Crippen molar-refractivity contribution in [3.8, 4) is 0 Å². The van der Waals surface area contributed by atoms with Crippen molar-refractivity contribution in [3.05, 3.63) is 0 Å². The Morgan fingerprint density at radius 3 is 2.37 bits per heavy atom. The van der Waals surface area contributed by atoms with Crippen molar-refractivity contribution in [2.45, 2.75) is 46.6 Å². The van der Waals surface area contributed by atoms with E-state index in [1.165, 1.54) is 6.42 Å². The van der Waals surface area contributed by atoms with Crippen LogP contribution in [0.1, 0.15) is 40.5 Å². The summed E-state index contributed by atoms with van der Waals surface area (Å²) in [5.41, 5.74) is 0. The molecule has 1 rings (SSSR count). The second-order valence-corrected chi connectivity index (χ2v) is 5.97. The maximum atomic E-state index is 11.8. The summed E-state index contributed by atoms with van der Waals surface area (Å²) in [4.78, 5) is 25.5. The molecule has 110 valence electrons. The van der Waals surface area contributed by atoms with E-state index in [-0.39, 0.29) is 11.9 Å². The zero-order valence-corrected chi connectivity index (χ0v) is 12.5. The Morgan fingerprint density at radius 1 is 1.26 bits per heavy atom. The number of nitrogens with zero attached hydrogens (tertiary/aromatic N) is 1. The van der Waals surface area contributed by atoms with Crippen LogP contribution in [0.15, 0.2) is 0 Å². The van der Waals surface area contributed by atoms with E-state index in [1.54, 1.807) is 0 Å². The lowest BCUT2D eigenvalue weighted by molar-refractivity contribution is -0.121. The number of piperidine rings is 1. The molecule has 5 heteroatoms. The van der Waals surface area contributed by atoms with Crippen LogP contribution in [0.25, 0.3) is 0 Å². The number of hydrogen-bond donors (Lipinski definition) is 2. The predicted octanol–water partition coefficient (Wildman–Crippen LogP) is 1.59. The fourth-order valence-corrected chi connectivity index (χ4v) is 2.65. The van der Waals surface area contributed by atoms with E-state index in [2.05, 4.69) is 29.4 Å². The van der Waals surface area contributed by atoms with Crippen molar-refractivity contribution in [1.29, 1.82) is 0 Å². The van der Waals surface area contributed by atoms with E-state index >= 15 is 0 Å². The highest BCUT2D eigenvalue weighted by Crippen LogP contribution is 2.20. The highest BCUT2D eigenvalue weighted by molar-refractivity contribution is 5.95. The summed E-state index contributed by atoms with van der Waals surface area (Å²) in [5, 5.41) is 5.12. The molecular weight excluding hydrogens is 242 g/mol. The Labute approximate surface area is 116 Å². The first-order valence-corrected chi connectivity index (χ1v) is 7.23. The quantitative estimate of drug-likeness (QED) is 0.814. The smallest absolute Gasteiger partial charge is 0.321 e. The van der Waals surface area contributed by atoms with Gasteiger partial charge in [-0.2, -0.15) is 0 Å². The normalized spacial score (nSPS) is 25.7. The van der Waals surface area contributed by atoms with Gasteiger partial charge in [0.15, 0.2) is 0 Å². The van der Waals surface area contributed by atoms with Crippen LogP contribution in [-0.2, 0) is 4.79 Å². The van der Waals surface area contributed by atoms with E-state index < -0.39 is 6.03 Å². The minimum Gasteiger partial charge on any atom is -0.335 e. The van der Waals surface area contributed by atoms with E-state index in [0.29, 0.717) is 18.4 Å². The lowest BCUT2D eigenvalue weighted by Gasteiger charge is -2.34. The molecule has 0 aromatic heterocycles. The zero-order chi connectivity index (χ0) is 14.4. The Kier molecular flexibility index (Phi) is 6.28. The van der Waals surface area contributed by atoms with Gasteiger partial charge in [-0.25, -0.2) is 4.79 Å². The van der Waals surface area contributed by atoms with Crippen LogP contribution in [0.3, 0.4) is 0 Å². The third-order valence-corrected chi connectivity index (χ3v) is 3.55. The molecule has 0 bridgehead atoms. The van der Waals surface area contributed by atoms with Crippen molar-refractivity contribution >= 4 is 11.9 Å². The van der Waals surface area contributed by atoms with Gasteiger partial charge >= 0.3 is 6.03 Å². The summed E-state index contributed by atoms with van der Waals surface area (Å²) in [7, 11) is 0. The number of carbonyl (C=O) groups is 2. The van der Waals surface area contributed by atoms with Crippen LogP contribution in [-0.4, -0.2) is 42.5 Å². The SMILES string of the molecule is CC[C@@H](C)NC(=O)NC(=O)CN1C[C@H](C)C[C@H](C)C1. The predicted molar refractivity (Wildman–Crippen MR) is 75.8 cm³/mol. The first-order chi connectivity index (χ1) is 8.90. The largest absolute Gasteiger partial charge is 0.335 e. The number of urea groups is 1. The number of likely N-dealkylation sites (tertiary alicyclic amines) is 1. The number of imide groups is 1. The molecule has 19 heavy (non-hydrogen) atoms. The molecule has 1 heterocycles. The van der Waals surface area contributed by atoms with Gasteiger partial charge in [-0.3, -0.25) is 15.0 Å². The summed E-state index contributed by atoms with van der Waals surface area (Å²) in [6.07, 6.45) is 2.06. The summed E-state index contributed by atoms with van der Waals surface area (Å²) in [6, 6.07) is -0.305. The van der Waals surface area contributed by atoms with Crippen LogP contribution in [0.5, 0.6) is 0 Å². The van der Waals surface area contributed by atoms with Gasteiger partial charge in [0.05, 0.1) is 6.54 Å². The number of nitrogens with one attached hydrogen (secondary N) is 2. The molecule has 2 N–H and O–H groups in total. The first kappa shape index (κ1) is 16.0. The topological polar surface area (TPSA) is 61.4 Å². The van der Waals surface area contributed by atoms with Gasteiger partial charge < -0.3 is 5.32 Å². The molecule has 3 amide bonds. The van der Waals surface area contributed by atoms with Crippen molar-refractivity contribution in [1.82, 2.24) is 15.5 Å². The monoisotopic (exact) mass is 269 g/mol. The minimum absolute atomic E-state index is 0.0860. The molecule has 0 spiro atoms. The van der Waals surface area contributed by atoms with Crippen molar-refractivity contribution in [2.24, 2.45) is 11.8 Å². The average Bonchev–Trinajstić information content (AvgIpc) is 2.26. The molecule has 1 saturated heterocycles. The highest BCUT2D eigenvalue weighted by Gasteiger charge is 2.23. The maximum Gasteiger partial charge on any atom is 0.321 e. The van der Waals surface area contributed by atoms with Crippen molar-refractivity contribution < 1.29 is 9.59 Å². The van der Waals surface area contributed by atoms with Crippen LogP contribution in [0.4, 0.5) is 4.79 Å². The van der Waals surface area contributed by atoms with Crippen LogP contribution < -0.4 is 10.6 Å². The molecule has 0 aromatic rings. The lowest BCUT2D eigenvalue weighted by atomic mass is 9.92. The van der Waals surface area contributed by atoms with Gasteiger partial charge in [-0.15, -0.1) is 0 Å². The maximum absolute atomic E-state index is 11.8. The Bertz CT molecular complexity index is 310. The molecule has 0 aromatic carbocycles. The number of amides is 3.